The van der Waals surface area contributed by atoms with E-state index in [1.54, 1.807) is 12.1 Å². The topological polar surface area (TPSA) is 108 Å². The van der Waals surface area contributed by atoms with E-state index in [-0.39, 0.29) is 11.3 Å². The van der Waals surface area contributed by atoms with Crippen LogP contribution in [0.3, 0.4) is 0 Å². The number of methoxy groups -OCH3 is 1. The third-order valence-corrected chi connectivity index (χ3v) is 4.35. The SMILES string of the molecule is COc1cc2ccccc2cc1C(=O)O[C@@H](C)C(=O)Nc1ccc(F)c([N+](=O)[O-])c1. The summed E-state index contributed by atoms with van der Waals surface area (Å²) in [6.45, 7) is 1.35. The molecule has 0 bridgehead atoms. The lowest BCUT2D eigenvalue weighted by molar-refractivity contribution is -0.387. The number of nitrogens with zero attached hydrogens (tertiary/aromatic N) is 1. The number of rotatable bonds is 6. The summed E-state index contributed by atoms with van der Waals surface area (Å²) >= 11 is 0. The molecule has 0 fully saturated rings. The Balaban J connectivity index is 1.75. The molecule has 1 N–H and O–H groups in total. The molecule has 0 aliphatic rings. The number of halogens is 1. The first-order valence-corrected chi connectivity index (χ1v) is 8.82. The number of benzene rings is 3. The summed E-state index contributed by atoms with van der Waals surface area (Å²) in [5, 5.41) is 14.8. The highest BCUT2D eigenvalue weighted by molar-refractivity contribution is 6.01. The summed E-state index contributed by atoms with van der Waals surface area (Å²) in [6, 6.07) is 13.6. The van der Waals surface area contributed by atoms with Gasteiger partial charge >= 0.3 is 11.7 Å². The van der Waals surface area contributed by atoms with Crippen molar-refractivity contribution in [1.29, 1.82) is 0 Å². The van der Waals surface area contributed by atoms with Crippen LogP contribution in [-0.2, 0) is 9.53 Å². The number of carbonyl (C=O) groups excluding carboxylic acids is 2. The first-order chi connectivity index (χ1) is 14.3. The molecule has 30 heavy (non-hydrogen) atoms. The first kappa shape index (κ1) is 20.7. The molecule has 3 aromatic rings. The average Bonchev–Trinajstić information content (AvgIpc) is 2.73. The van der Waals surface area contributed by atoms with Crippen LogP contribution < -0.4 is 10.1 Å². The maximum absolute atomic E-state index is 13.4. The van der Waals surface area contributed by atoms with Gasteiger partial charge in [-0.1, -0.05) is 24.3 Å². The van der Waals surface area contributed by atoms with Gasteiger partial charge in [-0.2, -0.15) is 4.39 Å². The highest BCUT2D eigenvalue weighted by Gasteiger charge is 2.23. The van der Waals surface area contributed by atoms with Gasteiger partial charge in [0.05, 0.1) is 12.0 Å². The number of fused-ring (bicyclic) bond motifs is 1. The standard InChI is InChI=1S/C21H17FN2O6/c1-12(20(25)23-15-7-8-17(22)18(11-15)24(27)28)30-21(26)16-9-13-5-3-4-6-14(13)10-19(16)29-2/h3-12H,1-2H3,(H,23,25)/t12-/m0/s1. The predicted octanol–water partition coefficient (Wildman–Crippen LogP) is 4.08. The maximum Gasteiger partial charge on any atom is 0.342 e. The van der Waals surface area contributed by atoms with Gasteiger partial charge in [-0.25, -0.2) is 4.79 Å². The molecule has 1 atom stereocenters. The van der Waals surface area contributed by atoms with Crippen molar-refractivity contribution in [3.05, 3.63) is 76.1 Å². The van der Waals surface area contributed by atoms with E-state index in [0.29, 0.717) is 5.75 Å². The molecule has 3 aromatic carbocycles. The van der Waals surface area contributed by atoms with Crippen LogP contribution in [0.15, 0.2) is 54.6 Å². The number of hydrogen-bond acceptors (Lipinski definition) is 6. The number of esters is 1. The van der Waals surface area contributed by atoms with Gasteiger partial charge in [-0.3, -0.25) is 14.9 Å². The van der Waals surface area contributed by atoms with E-state index < -0.39 is 34.4 Å². The number of amides is 1. The minimum absolute atomic E-state index is 0.000662. The molecule has 0 aromatic heterocycles. The smallest absolute Gasteiger partial charge is 0.342 e. The Morgan fingerprint density at radius 3 is 2.40 bits per heavy atom. The molecule has 0 spiro atoms. The molecular weight excluding hydrogens is 395 g/mol. The van der Waals surface area contributed by atoms with Crippen molar-refractivity contribution >= 4 is 34.0 Å². The molecule has 0 aliphatic heterocycles. The Morgan fingerprint density at radius 2 is 1.77 bits per heavy atom. The Bertz CT molecular complexity index is 1150. The molecule has 3 rings (SSSR count). The van der Waals surface area contributed by atoms with Gasteiger partial charge in [-0.15, -0.1) is 0 Å². The van der Waals surface area contributed by atoms with E-state index in [1.165, 1.54) is 20.1 Å². The van der Waals surface area contributed by atoms with Gasteiger partial charge in [0.15, 0.2) is 6.10 Å². The van der Waals surface area contributed by atoms with E-state index in [4.69, 9.17) is 9.47 Å². The van der Waals surface area contributed by atoms with E-state index in [0.717, 1.165) is 22.9 Å². The minimum Gasteiger partial charge on any atom is -0.496 e. The van der Waals surface area contributed by atoms with Crippen LogP contribution in [-0.4, -0.2) is 30.0 Å². The monoisotopic (exact) mass is 412 g/mol. The minimum atomic E-state index is -1.22. The Kier molecular flexibility index (Phi) is 5.91. The number of hydrogen-bond donors (Lipinski definition) is 1. The lowest BCUT2D eigenvalue weighted by Gasteiger charge is -2.15. The fourth-order valence-electron chi connectivity index (χ4n) is 2.80. The van der Waals surface area contributed by atoms with Crippen molar-refractivity contribution in [2.24, 2.45) is 0 Å². The Labute approximate surface area is 170 Å². The average molecular weight is 412 g/mol. The third kappa shape index (κ3) is 4.35. The Morgan fingerprint density at radius 1 is 1.10 bits per heavy atom. The molecule has 0 saturated heterocycles. The van der Waals surface area contributed by atoms with Crippen molar-refractivity contribution in [2.75, 3.05) is 12.4 Å². The van der Waals surface area contributed by atoms with E-state index >= 15 is 0 Å². The van der Waals surface area contributed by atoms with Crippen molar-refractivity contribution < 1.29 is 28.4 Å². The second-order valence-electron chi connectivity index (χ2n) is 6.36. The van der Waals surface area contributed by atoms with E-state index in [2.05, 4.69) is 5.32 Å². The number of nitro groups is 1. The molecular formula is C21H17FN2O6. The summed E-state index contributed by atoms with van der Waals surface area (Å²) in [4.78, 5) is 34.9. The Hall–Kier alpha value is -4.01. The van der Waals surface area contributed by atoms with Crippen LogP contribution in [0.4, 0.5) is 15.8 Å². The van der Waals surface area contributed by atoms with Crippen LogP contribution in [0.5, 0.6) is 5.75 Å². The molecule has 0 unspecified atom stereocenters. The van der Waals surface area contributed by atoms with Crippen LogP contribution >= 0.6 is 0 Å². The molecule has 0 radical (unpaired) electrons. The predicted molar refractivity (Wildman–Crippen MR) is 107 cm³/mol. The molecule has 0 saturated carbocycles. The number of nitrogens with one attached hydrogen (secondary N) is 1. The van der Waals surface area contributed by atoms with Gasteiger partial charge in [0, 0.05) is 11.8 Å². The van der Waals surface area contributed by atoms with Crippen molar-refractivity contribution in [3.8, 4) is 5.75 Å². The van der Waals surface area contributed by atoms with Gasteiger partial charge < -0.3 is 14.8 Å². The highest BCUT2D eigenvalue weighted by atomic mass is 19.1. The van der Waals surface area contributed by atoms with Crippen LogP contribution in [0.1, 0.15) is 17.3 Å². The summed E-state index contributed by atoms with van der Waals surface area (Å²) in [5.41, 5.74) is -0.633. The van der Waals surface area contributed by atoms with Crippen LogP contribution in [0, 0.1) is 15.9 Å². The second-order valence-corrected chi connectivity index (χ2v) is 6.36. The van der Waals surface area contributed by atoms with Gasteiger partial charge in [-0.05, 0) is 42.0 Å². The van der Waals surface area contributed by atoms with Crippen molar-refractivity contribution in [2.45, 2.75) is 13.0 Å². The molecule has 154 valence electrons. The molecule has 9 heteroatoms. The number of anilines is 1. The van der Waals surface area contributed by atoms with Gasteiger partial charge in [0.1, 0.15) is 11.3 Å². The van der Waals surface area contributed by atoms with Crippen LogP contribution in [0.2, 0.25) is 0 Å². The fraction of sp³-hybridized carbons (Fsp3) is 0.143. The maximum atomic E-state index is 13.4. The normalized spacial score (nSPS) is 11.6. The van der Waals surface area contributed by atoms with E-state index in [9.17, 15) is 24.1 Å². The lowest BCUT2D eigenvalue weighted by Crippen LogP contribution is -2.30. The molecule has 1 amide bonds. The van der Waals surface area contributed by atoms with E-state index in [1.807, 2.05) is 24.3 Å². The largest absolute Gasteiger partial charge is 0.496 e. The third-order valence-electron chi connectivity index (χ3n) is 4.35. The van der Waals surface area contributed by atoms with Crippen LogP contribution in [0.25, 0.3) is 10.8 Å². The fourth-order valence-corrected chi connectivity index (χ4v) is 2.80. The van der Waals surface area contributed by atoms with Gasteiger partial charge in [0.25, 0.3) is 5.91 Å². The molecule has 8 nitrogen and oxygen atoms in total. The highest BCUT2D eigenvalue weighted by Crippen LogP contribution is 2.27. The summed E-state index contributed by atoms with van der Waals surface area (Å²) in [5.74, 6) is -2.24. The molecule has 0 heterocycles. The lowest BCUT2D eigenvalue weighted by atomic mass is 10.1. The zero-order valence-electron chi connectivity index (χ0n) is 16.0. The number of ether oxygens (including phenoxy) is 2. The summed E-state index contributed by atoms with van der Waals surface area (Å²) in [6.07, 6.45) is -1.22. The number of nitro benzene ring substituents is 1. The number of carbonyl (C=O) groups is 2. The zero-order chi connectivity index (χ0) is 21.8. The van der Waals surface area contributed by atoms with Crippen molar-refractivity contribution in [3.63, 3.8) is 0 Å². The quantitative estimate of drug-likeness (QED) is 0.371. The zero-order valence-corrected chi connectivity index (χ0v) is 16.0. The van der Waals surface area contributed by atoms with Crippen molar-refractivity contribution in [1.82, 2.24) is 0 Å². The second kappa shape index (κ2) is 8.56. The molecule has 0 aliphatic carbocycles. The van der Waals surface area contributed by atoms with Gasteiger partial charge in [0.2, 0.25) is 5.82 Å². The first-order valence-electron chi connectivity index (χ1n) is 8.82. The summed E-state index contributed by atoms with van der Waals surface area (Å²) in [7, 11) is 1.42. The summed E-state index contributed by atoms with van der Waals surface area (Å²) < 4.78 is 23.9.